The number of carbonyl (C=O) groups excluding carboxylic acids is 1. The highest BCUT2D eigenvalue weighted by atomic mass is 19.4. The van der Waals surface area contributed by atoms with Crippen LogP contribution in [0, 0.1) is 19.8 Å². The van der Waals surface area contributed by atoms with Crippen LogP contribution >= 0.6 is 0 Å². The van der Waals surface area contributed by atoms with Crippen molar-refractivity contribution in [2.45, 2.75) is 57.8 Å². The van der Waals surface area contributed by atoms with Gasteiger partial charge in [0.25, 0.3) is 5.91 Å². The number of halogens is 3. The Morgan fingerprint density at radius 2 is 1.75 bits per heavy atom. The number of furan rings is 1. The molecule has 6 nitrogen and oxygen atoms in total. The van der Waals surface area contributed by atoms with Gasteiger partial charge in [0.05, 0.1) is 5.56 Å². The topological polar surface area (TPSA) is 74.0 Å². The first-order chi connectivity index (χ1) is 13.1. The monoisotopic (exact) mass is 402 g/mol. The van der Waals surface area contributed by atoms with Crippen LogP contribution in [0.15, 0.2) is 10.5 Å². The molecule has 2 saturated heterocycles. The number of aryl methyl sites for hydroxylation is 2. The first kappa shape index (κ1) is 20.7. The van der Waals surface area contributed by atoms with Crippen LogP contribution in [0.1, 0.15) is 47.6 Å². The van der Waals surface area contributed by atoms with E-state index in [0.717, 1.165) is 42.4 Å². The summed E-state index contributed by atoms with van der Waals surface area (Å²) in [6.45, 7) is 7.12. The Bertz CT molecular complexity index is 742. The number of aliphatic carboxylic acids is 1. The molecule has 1 aromatic heterocycles. The fraction of sp³-hybridized carbons (Fsp3) is 0.684. The molecule has 1 aromatic rings. The maximum absolute atomic E-state index is 12.8. The SMILES string of the molecule is Cc1cc(C(=O)N2CC[C@H]3[C@H]2CCN3CC2CC2)c(C)o1.O=C(O)C(F)(F)F. The maximum Gasteiger partial charge on any atom is 0.490 e. The number of carbonyl (C=O) groups is 2. The van der Waals surface area contributed by atoms with E-state index in [0.29, 0.717) is 12.1 Å². The fourth-order valence-electron chi connectivity index (χ4n) is 4.18. The van der Waals surface area contributed by atoms with Gasteiger partial charge in [-0.15, -0.1) is 0 Å². The Morgan fingerprint density at radius 1 is 1.14 bits per heavy atom. The second-order valence-electron chi connectivity index (χ2n) is 7.78. The van der Waals surface area contributed by atoms with E-state index < -0.39 is 12.1 Å². The highest BCUT2D eigenvalue weighted by Crippen LogP contribution is 2.37. The van der Waals surface area contributed by atoms with Crippen molar-refractivity contribution in [3.63, 3.8) is 0 Å². The standard InChI is InChI=1S/C17H24N2O2.C2HF3O2/c1-11-9-14(12(2)21-11)17(20)19-8-6-15-16(19)5-7-18(15)10-13-3-4-13;3-2(4,5)1(6)7/h9,13,15-16H,3-8,10H2,1-2H3;(H,6,7)/t15-,16+;/m0./s1. The van der Waals surface area contributed by atoms with Crippen LogP contribution < -0.4 is 0 Å². The molecule has 2 atom stereocenters. The Labute approximate surface area is 161 Å². The molecule has 2 aliphatic heterocycles. The number of alkyl halides is 3. The van der Waals surface area contributed by atoms with Gasteiger partial charge in [0, 0.05) is 31.7 Å². The normalized spacial score (nSPS) is 24.7. The van der Waals surface area contributed by atoms with E-state index in [4.69, 9.17) is 14.3 Å². The summed E-state index contributed by atoms with van der Waals surface area (Å²) < 4.78 is 37.3. The van der Waals surface area contributed by atoms with Crippen molar-refractivity contribution in [1.29, 1.82) is 0 Å². The van der Waals surface area contributed by atoms with Crippen molar-refractivity contribution in [2.75, 3.05) is 19.6 Å². The van der Waals surface area contributed by atoms with Crippen LogP contribution in [-0.4, -0.2) is 64.7 Å². The smallest absolute Gasteiger partial charge is 0.475 e. The summed E-state index contributed by atoms with van der Waals surface area (Å²) in [7, 11) is 0. The Hall–Kier alpha value is -2.03. The largest absolute Gasteiger partial charge is 0.490 e. The number of amides is 1. The van der Waals surface area contributed by atoms with Crippen molar-refractivity contribution in [1.82, 2.24) is 9.80 Å². The lowest BCUT2D eigenvalue weighted by Crippen LogP contribution is -2.40. The zero-order valence-electron chi connectivity index (χ0n) is 16.0. The molecule has 0 spiro atoms. The van der Waals surface area contributed by atoms with Crippen molar-refractivity contribution in [2.24, 2.45) is 5.92 Å². The minimum Gasteiger partial charge on any atom is -0.475 e. The average Bonchev–Trinajstić information content (AvgIpc) is 3.02. The predicted molar refractivity (Wildman–Crippen MR) is 94.0 cm³/mol. The molecule has 0 radical (unpaired) electrons. The summed E-state index contributed by atoms with van der Waals surface area (Å²) in [5.41, 5.74) is 0.758. The summed E-state index contributed by atoms with van der Waals surface area (Å²) in [6, 6.07) is 2.91. The van der Waals surface area contributed by atoms with E-state index in [2.05, 4.69) is 9.80 Å². The molecule has 4 rings (SSSR count). The van der Waals surface area contributed by atoms with Gasteiger partial charge < -0.3 is 14.4 Å². The van der Waals surface area contributed by atoms with Gasteiger partial charge in [-0.3, -0.25) is 9.69 Å². The number of carboxylic acids is 1. The third-order valence-corrected chi connectivity index (χ3v) is 5.66. The van der Waals surface area contributed by atoms with Gasteiger partial charge in [0.1, 0.15) is 11.5 Å². The molecule has 9 heteroatoms. The van der Waals surface area contributed by atoms with E-state index in [1.54, 1.807) is 0 Å². The van der Waals surface area contributed by atoms with Crippen LogP contribution in [0.2, 0.25) is 0 Å². The fourth-order valence-corrected chi connectivity index (χ4v) is 4.18. The van der Waals surface area contributed by atoms with Crippen LogP contribution in [0.3, 0.4) is 0 Å². The first-order valence-electron chi connectivity index (χ1n) is 9.50. The second kappa shape index (κ2) is 7.77. The molecule has 28 heavy (non-hydrogen) atoms. The molecule has 1 amide bonds. The predicted octanol–water partition coefficient (Wildman–Crippen LogP) is 3.23. The molecule has 1 saturated carbocycles. The van der Waals surface area contributed by atoms with Crippen LogP contribution in [0.25, 0.3) is 0 Å². The Kier molecular flexibility index (Phi) is 5.74. The van der Waals surface area contributed by atoms with Gasteiger partial charge in [0.15, 0.2) is 0 Å². The number of nitrogens with zero attached hydrogens (tertiary/aromatic N) is 2. The molecule has 3 heterocycles. The lowest BCUT2D eigenvalue weighted by molar-refractivity contribution is -0.192. The Balaban J connectivity index is 0.000000279. The Morgan fingerprint density at radius 3 is 2.25 bits per heavy atom. The molecule has 1 aliphatic carbocycles. The molecular formula is C19H25F3N2O4. The maximum atomic E-state index is 12.8. The van der Waals surface area contributed by atoms with Crippen LogP contribution in [0.4, 0.5) is 13.2 Å². The van der Waals surface area contributed by atoms with E-state index in [1.807, 2.05) is 19.9 Å². The molecule has 156 valence electrons. The van der Waals surface area contributed by atoms with Gasteiger partial charge in [-0.25, -0.2) is 4.79 Å². The van der Waals surface area contributed by atoms with Gasteiger partial charge in [-0.05, 0) is 51.5 Å². The van der Waals surface area contributed by atoms with Crippen molar-refractivity contribution in [3.05, 3.63) is 23.2 Å². The number of hydrogen-bond donors (Lipinski definition) is 1. The summed E-state index contributed by atoms with van der Waals surface area (Å²) >= 11 is 0. The van der Waals surface area contributed by atoms with Gasteiger partial charge in [0.2, 0.25) is 0 Å². The highest BCUT2D eigenvalue weighted by molar-refractivity contribution is 5.95. The van der Waals surface area contributed by atoms with Crippen molar-refractivity contribution < 1.29 is 32.3 Å². The summed E-state index contributed by atoms with van der Waals surface area (Å²) in [6.07, 6.45) is 0.00601. The van der Waals surface area contributed by atoms with E-state index >= 15 is 0 Å². The average molecular weight is 402 g/mol. The van der Waals surface area contributed by atoms with E-state index in [-0.39, 0.29) is 5.91 Å². The number of hydrogen-bond acceptors (Lipinski definition) is 4. The van der Waals surface area contributed by atoms with Crippen LogP contribution in [-0.2, 0) is 4.79 Å². The summed E-state index contributed by atoms with van der Waals surface area (Å²) in [5.74, 6) is -0.0629. The molecule has 0 bridgehead atoms. The summed E-state index contributed by atoms with van der Waals surface area (Å²) in [5, 5.41) is 7.12. The second-order valence-corrected chi connectivity index (χ2v) is 7.78. The molecule has 1 N–H and O–H groups in total. The third-order valence-electron chi connectivity index (χ3n) is 5.66. The van der Waals surface area contributed by atoms with Gasteiger partial charge >= 0.3 is 12.1 Å². The highest BCUT2D eigenvalue weighted by Gasteiger charge is 2.45. The molecule has 3 aliphatic rings. The number of carboxylic acid groups (broad SMARTS) is 1. The van der Waals surface area contributed by atoms with Crippen LogP contribution in [0.5, 0.6) is 0 Å². The van der Waals surface area contributed by atoms with Crippen molar-refractivity contribution >= 4 is 11.9 Å². The molecule has 0 aromatic carbocycles. The zero-order valence-corrected chi connectivity index (χ0v) is 16.0. The van der Waals surface area contributed by atoms with E-state index in [9.17, 15) is 18.0 Å². The minimum absolute atomic E-state index is 0.171. The lowest BCUT2D eigenvalue weighted by Gasteiger charge is -2.25. The molecule has 0 unspecified atom stereocenters. The van der Waals surface area contributed by atoms with Crippen molar-refractivity contribution in [3.8, 4) is 0 Å². The number of rotatable bonds is 3. The lowest BCUT2D eigenvalue weighted by atomic mass is 10.1. The molecular weight excluding hydrogens is 377 g/mol. The van der Waals surface area contributed by atoms with Gasteiger partial charge in [-0.2, -0.15) is 13.2 Å². The first-order valence-corrected chi connectivity index (χ1v) is 9.50. The number of likely N-dealkylation sites (tertiary alicyclic amines) is 2. The zero-order chi connectivity index (χ0) is 20.6. The van der Waals surface area contributed by atoms with Gasteiger partial charge in [-0.1, -0.05) is 0 Å². The minimum atomic E-state index is -5.08. The summed E-state index contributed by atoms with van der Waals surface area (Å²) in [4.78, 5) is 26.5. The quantitative estimate of drug-likeness (QED) is 0.840. The van der Waals surface area contributed by atoms with E-state index in [1.165, 1.54) is 25.9 Å². The molecule has 3 fully saturated rings. The third kappa shape index (κ3) is 4.51. The number of fused-ring (bicyclic) bond motifs is 1.